The highest BCUT2D eigenvalue weighted by Gasteiger charge is 2.12. The van der Waals surface area contributed by atoms with Gasteiger partial charge < -0.3 is 9.47 Å². The lowest BCUT2D eigenvalue weighted by atomic mass is 10.1. The van der Waals surface area contributed by atoms with Crippen molar-refractivity contribution in [3.8, 4) is 0 Å². The number of benzene rings is 1. The number of halogens is 1. The van der Waals surface area contributed by atoms with Crippen LogP contribution in [0.3, 0.4) is 0 Å². The molecule has 0 heterocycles. The largest absolute Gasteiger partial charge is 0.462 e. The fourth-order valence-corrected chi connectivity index (χ4v) is 1.33. The summed E-state index contributed by atoms with van der Waals surface area (Å²) in [7, 11) is 0. The Morgan fingerprint density at radius 3 is 2.33 bits per heavy atom. The van der Waals surface area contributed by atoms with Crippen molar-refractivity contribution in [2.24, 2.45) is 0 Å². The van der Waals surface area contributed by atoms with Crippen LogP contribution in [-0.2, 0) is 30.3 Å². The summed E-state index contributed by atoms with van der Waals surface area (Å²) in [5.74, 6) is -2.57. The molecule has 0 N–H and O–H groups in total. The molecule has 21 heavy (non-hydrogen) atoms. The van der Waals surface area contributed by atoms with Gasteiger partial charge in [-0.15, -0.1) is 0 Å². The molecule has 0 aliphatic heterocycles. The number of carbonyl (C=O) groups is 3. The average Bonchev–Trinajstić information content (AvgIpc) is 2.41. The maximum absolute atomic E-state index is 12.7. The van der Waals surface area contributed by atoms with Crippen molar-refractivity contribution < 1.29 is 28.2 Å². The summed E-state index contributed by atoms with van der Waals surface area (Å²) in [5.41, 5.74) is 0.749. The van der Waals surface area contributed by atoms with E-state index in [-0.39, 0.29) is 25.0 Å². The molecule has 0 unspecified atom stereocenters. The highest BCUT2D eigenvalue weighted by molar-refractivity contribution is 5.88. The van der Waals surface area contributed by atoms with Gasteiger partial charge in [-0.1, -0.05) is 18.7 Å². The van der Waals surface area contributed by atoms with Gasteiger partial charge in [-0.2, -0.15) is 0 Å². The second-order valence-corrected chi connectivity index (χ2v) is 4.32. The molecule has 6 heteroatoms. The number of esters is 3. The summed E-state index contributed by atoms with van der Waals surface area (Å²) in [5, 5.41) is 0. The average molecular weight is 294 g/mol. The van der Waals surface area contributed by atoms with Crippen LogP contribution in [0.15, 0.2) is 36.4 Å². The van der Waals surface area contributed by atoms with Crippen LogP contribution in [0.2, 0.25) is 0 Å². The minimum atomic E-state index is -0.795. The molecule has 1 aromatic carbocycles. The van der Waals surface area contributed by atoms with Gasteiger partial charge in [0.25, 0.3) is 0 Å². The van der Waals surface area contributed by atoms with Gasteiger partial charge in [-0.3, -0.25) is 9.59 Å². The summed E-state index contributed by atoms with van der Waals surface area (Å²) in [6.07, 6.45) is -0.369. The molecular formula is C15H15FO5. The molecule has 0 fully saturated rings. The van der Waals surface area contributed by atoms with Crippen LogP contribution in [0.5, 0.6) is 0 Å². The first-order valence-electron chi connectivity index (χ1n) is 6.19. The Labute approximate surface area is 121 Å². The third-order valence-electron chi connectivity index (χ3n) is 2.38. The first-order valence-corrected chi connectivity index (χ1v) is 6.19. The van der Waals surface area contributed by atoms with Crippen LogP contribution < -0.4 is 0 Å². The van der Waals surface area contributed by atoms with E-state index in [1.54, 1.807) is 0 Å². The van der Waals surface area contributed by atoms with Crippen LogP contribution in [0.25, 0.3) is 0 Å². The smallest absolute Gasteiger partial charge is 0.333 e. The summed E-state index contributed by atoms with van der Waals surface area (Å²) in [6.45, 7) is 4.68. The first-order chi connectivity index (χ1) is 9.88. The highest BCUT2D eigenvalue weighted by Crippen LogP contribution is 2.05. The molecule has 5 nitrogen and oxygen atoms in total. The summed E-state index contributed by atoms with van der Waals surface area (Å²) in [4.78, 5) is 33.8. The van der Waals surface area contributed by atoms with E-state index >= 15 is 0 Å². The SMILES string of the molecule is C=C(C)C(=O)OCCC(=O)OC(=O)Cc1ccc(F)cc1. The Kier molecular flexibility index (Phi) is 6.26. The molecule has 0 aliphatic carbocycles. The maximum Gasteiger partial charge on any atom is 0.333 e. The quantitative estimate of drug-likeness (QED) is 0.455. The van der Waals surface area contributed by atoms with E-state index in [2.05, 4.69) is 11.3 Å². The number of hydrogen-bond acceptors (Lipinski definition) is 5. The molecule has 0 spiro atoms. The molecule has 1 rings (SSSR count). The second kappa shape index (κ2) is 7.94. The van der Waals surface area contributed by atoms with Crippen molar-refractivity contribution in [1.29, 1.82) is 0 Å². The van der Waals surface area contributed by atoms with Crippen molar-refractivity contribution in [2.45, 2.75) is 19.8 Å². The van der Waals surface area contributed by atoms with E-state index in [1.807, 2.05) is 0 Å². The van der Waals surface area contributed by atoms with Gasteiger partial charge in [0.15, 0.2) is 0 Å². The van der Waals surface area contributed by atoms with E-state index in [0.29, 0.717) is 5.56 Å². The van der Waals surface area contributed by atoms with Crippen LogP contribution >= 0.6 is 0 Å². The lowest BCUT2D eigenvalue weighted by Crippen LogP contribution is -2.17. The van der Waals surface area contributed by atoms with E-state index in [1.165, 1.54) is 31.2 Å². The zero-order valence-electron chi connectivity index (χ0n) is 11.6. The van der Waals surface area contributed by atoms with Gasteiger partial charge in [-0.25, -0.2) is 9.18 Å². The first kappa shape index (κ1) is 16.6. The Balaban J connectivity index is 2.30. The van der Waals surface area contributed by atoms with Gasteiger partial charge in [-0.05, 0) is 24.6 Å². The maximum atomic E-state index is 12.7. The highest BCUT2D eigenvalue weighted by atomic mass is 19.1. The predicted molar refractivity (Wildman–Crippen MR) is 71.6 cm³/mol. The Morgan fingerprint density at radius 2 is 1.76 bits per heavy atom. The van der Waals surface area contributed by atoms with Crippen LogP contribution in [-0.4, -0.2) is 24.5 Å². The standard InChI is InChI=1S/C15H15FO5/c1-10(2)15(19)20-8-7-13(17)21-14(18)9-11-3-5-12(16)6-4-11/h3-6H,1,7-9H2,2H3. The Hall–Kier alpha value is -2.50. The fourth-order valence-electron chi connectivity index (χ4n) is 1.33. The summed E-state index contributed by atoms with van der Waals surface area (Å²) >= 11 is 0. The zero-order chi connectivity index (χ0) is 15.8. The molecular weight excluding hydrogens is 279 g/mol. The third kappa shape index (κ3) is 6.47. The van der Waals surface area contributed by atoms with Crippen LogP contribution in [0, 0.1) is 5.82 Å². The van der Waals surface area contributed by atoms with Gasteiger partial charge >= 0.3 is 17.9 Å². The van der Waals surface area contributed by atoms with Crippen LogP contribution in [0.1, 0.15) is 18.9 Å². The van der Waals surface area contributed by atoms with E-state index in [4.69, 9.17) is 4.74 Å². The zero-order valence-corrected chi connectivity index (χ0v) is 11.6. The normalized spacial score (nSPS) is 9.81. The molecule has 0 aliphatic rings. The predicted octanol–water partition coefficient (Wildman–Crippen LogP) is 1.95. The van der Waals surface area contributed by atoms with Crippen molar-refractivity contribution in [1.82, 2.24) is 0 Å². The minimum absolute atomic E-state index is 0.141. The van der Waals surface area contributed by atoms with Crippen molar-refractivity contribution in [2.75, 3.05) is 6.61 Å². The van der Waals surface area contributed by atoms with E-state index in [0.717, 1.165) is 0 Å². The second-order valence-electron chi connectivity index (χ2n) is 4.32. The monoisotopic (exact) mass is 294 g/mol. The van der Waals surface area contributed by atoms with Gasteiger partial charge in [0.1, 0.15) is 12.4 Å². The lowest BCUT2D eigenvalue weighted by Gasteiger charge is -2.05. The van der Waals surface area contributed by atoms with Gasteiger partial charge in [0, 0.05) is 5.57 Å². The third-order valence-corrected chi connectivity index (χ3v) is 2.38. The molecule has 0 bridgehead atoms. The molecule has 112 valence electrons. The number of hydrogen-bond donors (Lipinski definition) is 0. The van der Waals surface area contributed by atoms with Gasteiger partial charge in [0.05, 0.1) is 12.8 Å². The molecule has 0 aromatic heterocycles. The summed E-state index contributed by atoms with van der Waals surface area (Å²) < 4.78 is 21.9. The van der Waals surface area contributed by atoms with Crippen LogP contribution in [0.4, 0.5) is 4.39 Å². The number of rotatable bonds is 6. The molecule has 0 atom stereocenters. The van der Waals surface area contributed by atoms with Gasteiger partial charge in [0.2, 0.25) is 0 Å². The van der Waals surface area contributed by atoms with Crippen molar-refractivity contribution in [3.05, 3.63) is 47.8 Å². The molecule has 0 amide bonds. The summed E-state index contributed by atoms with van der Waals surface area (Å²) in [6, 6.07) is 5.27. The molecule has 0 saturated heterocycles. The number of ether oxygens (including phenoxy) is 2. The van der Waals surface area contributed by atoms with E-state index in [9.17, 15) is 18.8 Å². The Morgan fingerprint density at radius 1 is 1.14 bits per heavy atom. The fraction of sp³-hybridized carbons (Fsp3) is 0.267. The molecule has 0 radical (unpaired) electrons. The van der Waals surface area contributed by atoms with Crippen molar-refractivity contribution in [3.63, 3.8) is 0 Å². The lowest BCUT2D eigenvalue weighted by molar-refractivity contribution is -0.160. The van der Waals surface area contributed by atoms with Crippen molar-refractivity contribution >= 4 is 17.9 Å². The number of carbonyl (C=O) groups excluding carboxylic acids is 3. The molecule has 0 saturated carbocycles. The topological polar surface area (TPSA) is 69.7 Å². The minimum Gasteiger partial charge on any atom is -0.462 e. The van der Waals surface area contributed by atoms with E-state index < -0.39 is 23.7 Å². The molecule has 1 aromatic rings. The Bertz CT molecular complexity index is 548.